The normalized spacial score (nSPS) is 10.7. The van der Waals surface area contributed by atoms with Crippen molar-refractivity contribution in [1.29, 1.82) is 0 Å². The fourth-order valence-corrected chi connectivity index (χ4v) is 2.23. The number of nitrogens with zero attached hydrogens (tertiary/aromatic N) is 4. The maximum absolute atomic E-state index is 12.5. The highest BCUT2D eigenvalue weighted by atomic mass is 19.4. The molecule has 0 saturated heterocycles. The number of benzene rings is 1. The topological polar surface area (TPSA) is 97.9 Å². The Kier molecular flexibility index (Phi) is 7.73. The minimum absolute atomic E-state index is 0.0909. The van der Waals surface area contributed by atoms with Crippen LogP contribution in [-0.4, -0.2) is 32.4 Å². The summed E-state index contributed by atoms with van der Waals surface area (Å²) in [5.41, 5.74) is 0.309. The van der Waals surface area contributed by atoms with Gasteiger partial charge in [-0.05, 0) is 36.8 Å². The summed E-state index contributed by atoms with van der Waals surface area (Å²) < 4.78 is 44.3. The number of aromatic nitrogens is 4. The predicted octanol–water partition coefficient (Wildman–Crippen LogP) is 3.93. The molecule has 2 aromatic heterocycles. The van der Waals surface area contributed by atoms with Crippen LogP contribution in [0.5, 0.6) is 0 Å². The zero-order valence-corrected chi connectivity index (χ0v) is 16.4. The van der Waals surface area contributed by atoms with Gasteiger partial charge < -0.3 is 15.1 Å². The molecule has 0 aliphatic heterocycles. The summed E-state index contributed by atoms with van der Waals surface area (Å²) in [4.78, 5) is 10.3. The molecule has 0 saturated carbocycles. The monoisotopic (exact) mass is 422 g/mol. The minimum atomic E-state index is -4.36. The van der Waals surface area contributed by atoms with Gasteiger partial charge >= 0.3 is 6.18 Å². The van der Waals surface area contributed by atoms with Crippen molar-refractivity contribution in [1.82, 2.24) is 25.3 Å². The van der Waals surface area contributed by atoms with Crippen LogP contribution in [0, 0.1) is 0 Å². The number of alkyl halides is 3. The highest BCUT2D eigenvalue weighted by Gasteiger charge is 2.30. The van der Waals surface area contributed by atoms with Crippen molar-refractivity contribution >= 4 is 17.4 Å². The van der Waals surface area contributed by atoms with Crippen molar-refractivity contribution in [2.75, 3.05) is 11.9 Å². The summed E-state index contributed by atoms with van der Waals surface area (Å²) in [7, 11) is 1.71. The van der Waals surface area contributed by atoms with E-state index in [0.29, 0.717) is 17.1 Å². The Labute approximate surface area is 170 Å². The first kappa shape index (κ1) is 22.7. The largest absolute Gasteiger partial charge is 0.423 e. The first-order chi connectivity index (χ1) is 14.2. The number of carbonyl (C=O) groups is 1. The molecule has 2 N–H and O–H groups in total. The lowest BCUT2D eigenvalue weighted by molar-refractivity contribution is -0.137. The zero-order valence-electron chi connectivity index (χ0n) is 16.4. The standard InChI is InChI=1S/C13H10F3N5O.C6H11NO/c1-21-6-10(12-19-17-7-22-12)11(20-21)18-9-4-2-8(3-5-9)13(14,15)16;1-3-5-7-6(8)4-2/h2-7H,1H3,(H,18,20);4H,2-3,5H2,1H3,(H,7,8). The van der Waals surface area contributed by atoms with Gasteiger partial charge in [-0.3, -0.25) is 9.48 Å². The molecule has 11 heteroatoms. The van der Waals surface area contributed by atoms with Gasteiger partial charge in [-0.15, -0.1) is 10.2 Å². The molecule has 3 rings (SSSR count). The van der Waals surface area contributed by atoms with Crippen LogP contribution in [0.15, 0.2) is 53.9 Å². The van der Waals surface area contributed by atoms with E-state index in [1.54, 1.807) is 13.2 Å². The first-order valence-electron chi connectivity index (χ1n) is 8.89. The fourth-order valence-electron chi connectivity index (χ4n) is 2.23. The van der Waals surface area contributed by atoms with E-state index in [-0.39, 0.29) is 11.8 Å². The van der Waals surface area contributed by atoms with Crippen LogP contribution in [0.4, 0.5) is 24.7 Å². The van der Waals surface area contributed by atoms with E-state index >= 15 is 0 Å². The Morgan fingerprint density at radius 2 is 2.00 bits per heavy atom. The zero-order chi connectivity index (χ0) is 22.1. The summed E-state index contributed by atoms with van der Waals surface area (Å²) in [6.07, 6.45) is 0.734. The molecule has 0 unspecified atom stereocenters. The van der Waals surface area contributed by atoms with E-state index in [1.807, 2.05) is 6.92 Å². The second kappa shape index (κ2) is 10.2. The highest BCUT2D eigenvalue weighted by Crippen LogP contribution is 2.31. The van der Waals surface area contributed by atoms with Crippen molar-refractivity contribution in [3.05, 3.63) is 55.1 Å². The van der Waals surface area contributed by atoms with E-state index in [0.717, 1.165) is 25.1 Å². The summed E-state index contributed by atoms with van der Waals surface area (Å²) in [5, 5.41) is 17.1. The van der Waals surface area contributed by atoms with Crippen LogP contribution in [0.25, 0.3) is 11.5 Å². The Morgan fingerprint density at radius 1 is 1.30 bits per heavy atom. The summed E-state index contributed by atoms with van der Waals surface area (Å²) in [5.74, 6) is 0.584. The van der Waals surface area contributed by atoms with E-state index in [4.69, 9.17) is 4.42 Å². The second-order valence-corrected chi connectivity index (χ2v) is 6.00. The number of aryl methyl sites for hydroxylation is 1. The molecule has 0 aliphatic rings. The Bertz CT molecular complexity index is 950. The highest BCUT2D eigenvalue weighted by molar-refractivity contribution is 5.86. The third-order valence-corrected chi connectivity index (χ3v) is 3.63. The molecule has 30 heavy (non-hydrogen) atoms. The molecule has 3 aromatic rings. The van der Waals surface area contributed by atoms with Crippen molar-refractivity contribution in [3.8, 4) is 11.5 Å². The first-order valence-corrected chi connectivity index (χ1v) is 8.89. The molecule has 1 aromatic carbocycles. The van der Waals surface area contributed by atoms with E-state index in [2.05, 4.69) is 32.5 Å². The Morgan fingerprint density at radius 3 is 2.53 bits per heavy atom. The van der Waals surface area contributed by atoms with Crippen LogP contribution < -0.4 is 10.6 Å². The maximum atomic E-state index is 12.5. The molecule has 8 nitrogen and oxygen atoms in total. The molecule has 0 atom stereocenters. The van der Waals surface area contributed by atoms with Crippen LogP contribution in [0.3, 0.4) is 0 Å². The molecule has 2 heterocycles. The summed E-state index contributed by atoms with van der Waals surface area (Å²) in [6, 6.07) is 4.65. The molecule has 0 spiro atoms. The number of anilines is 2. The molecule has 0 fully saturated rings. The Hall–Kier alpha value is -3.63. The number of hydrogen-bond acceptors (Lipinski definition) is 6. The summed E-state index contributed by atoms with van der Waals surface area (Å²) in [6.45, 7) is 6.05. The van der Waals surface area contributed by atoms with Gasteiger partial charge in [-0.2, -0.15) is 18.3 Å². The van der Waals surface area contributed by atoms with Crippen molar-refractivity contribution < 1.29 is 22.4 Å². The van der Waals surface area contributed by atoms with Gasteiger partial charge in [0.15, 0.2) is 5.82 Å². The lowest BCUT2D eigenvalue weighted by atomic mass is 10.2. The van der Waals surface area contributed by atoms with Gasteiger partial charge in [0, 0.05) is 25.5 Å². The number of amides is 1. The predicted molar refractivity (Wildman–Crippen MR) is 105 cm³/mol. The number of halogens is 3. The molecular weight excluding hydrogens is 401 g/mol. The molecule has 0 bridgehead atoms. The third kappa shape index (κ3) is 6.47. The Balaban J connectivity index is 0.000000343. The number of carbonyl (C=O) groups excluding carboxylic acids is 1. The minimum Gasteiger partial charge on any atom is -0.423 e. The van der Waals surface area contributed by atoms with Gasteiger partial charge in [-0.25, -0.2) is 0 Å². The fraction of sp³-hybridized carbons (Fsp3) is 0.263. The number of rotatable bonds is 6. The quantitative estimate of drug-likeness (QED) is 0.584. The second-order valence-electron chi connectivity index (χ2n) is 6.00. The number of nitrogens with one attached hydrogen (secondary N) is 2. The van der Waals surface area contributed by atoms with Crippen molar-refractivity contribution in [2.24, 2.45) is 7.05 Å². The molecular formula is C19H21F3N6O2. The van der Waals surface area contributed by atoms with Gasteiger partial charge in [-0.1, -0.05) is 13.5 Å². The van der Waals surface area contributed by atoms with E-state index in [1.165, 1.54) is 29.3 Å². The lowest BCUT2D eigenvalue weighted by Crippen LogP contribution is -2.20. The van der Waals surface area contributed by atoms with Crippen LogP contribution in [0.1, 0.15) is 18.9 Å². The van der Waals surface area contributed by atoms with Crippen molar-refractivity contribution in [3.63, 3.8) is 0 Å². The van der Waals surface area contributed by atoms with Gasteiger partial charge in [0.1, 0.15) is 5.56 Å². The average molecular weight is 422 g/mol. The molecule has 0 aliphatic carbocycles. The molecule has 1 amide bonds. The average Bonchev–Trinajstić information content (AvgIpc) is 3.36. The van der Waals surface area contributed by atoms with Crippen molar-refractivity contribution in [2.45, 2.75) is 19.5 Å². The van der Waals surface area contributed by atoms with E-state index in [9.17, 15) is 18.0 Å². The maximum Gasteiger partial charge on any atom is 0.416 e. The van der Waals surface area contributed by atoms with E-state index < -0.39 is 11.7 Å². The van der Waals surface area contributed by atoms with Crippen LogP contribution in [-0.2, 0) is 18.0 Å². The third-order valence-electron chi connectivity index (χ3n) is 3.63. The lowest BCUT2D eigenvalue weighted by Gasteiger charge is -2.08. The summed E-state index contributed by atoms with van der Waals surface area (Å²) >= 11 is 0. The van der Waals surface area contributed by atoms with Gasteiger partial charge in [0.25, 0.3) is 5.89 Å². The van der Waals surface area contributed by atoms with Gasteiger partial charge in [0.05, 0.1) is 5.56 Å². The molecule has 160 valence electrons. The smallest absolute Gasteiger partial charge is 0.416 e. The van der Waals surface area contributed by atoms with Gasteiger partial charge in [0.2, 0.25) is 12.3 Å². The number of hydrogen-bond donors (Lipinski definition) is 2. The molecule has 0 radical (unpaired) electrons. The van der Waals surface area contributed by atoms with Crippen LogP contribution in [0.2, 0.25) is 0 Å². The SMILES string of the molecule is C=CC(=O)NCCC.Cn1cc(-c2nnco2)c(Nc2ccc(C(F)(F)F)cc2)n1. The van der Waals surface area contributed by atoms with Crippen LogP contribution >= 0.6 is 0 Å².